The Kier molecular flexibility index (Phi) is 6.66. The fraction of sp³-hybridized carbons (Fsp3) is 0.385. The second-order valence-corrected chi connectivity index (χ2v) is 10.2. The SMILES string of the molecule is CCOc1ccc(NC(=O)COC(=O)c2ccc(N3C(=O)[C@@H]4[C@H]5C[C@@H]([C@H](Cl)[C@H]5Cl)[C@H]4C3=O)cc2)cc1. The minimum atomic E-state index is -0.702. The molecule has 2 bridgehead atoms. The number of anilines is 2. The number of rotatable bonds is 7. The van der Waals surface area contributed by atoms with Crippen molar-refractivity contribution in [3.63, 3.8) is 0 Å². The van der Waals surface area contributed by atoms with E-state index >= 15 is 0 Å². The first-order chi connectivity index (χ1) is 17.3. The van der Waals surface area contributed by atoms with Gasteiger partial charge in [-0.3, -0.25) is 19.3 Å². The molecule has 2 saturated carbocycles. The van der Waals surface area contributed by atoms with E-state index in [1.165, 1.54) is 29.2 Å². The second kappa shape index (κ2) is 9.75. The molecule has 0 aromatic heterocycles. The number of alkyl halides is 2. The van der Waals surface area contributed by atoms with Gasteiger partial charge in [-0.25, -0.2) is 4.79 Å². The number of ether oxygens (including phenoxy) is 2. The number of esters is 1. The van der Waals surface area contributed by atoms with Crippen LogP contribution in [0, 0.1) is 23.7 Å². The third-order valence-electron chi connectivity index (χ3n) is 7.13. The highest BCUT2D eigenvalue weighted by atomic mass is 35.5. The van der Waals surface area contributed by atoms with Gasteiger partial charge < -0.3 is 14.8 Å². The Morgan fingerprint density at radius 2 is 1.53 bits per heavy atom. The van der Waals surface area contributed by atoms with Crippen LogP contribution in [0.2, 0.25) is 0 Å². The van der Waals surface area contributed by atoms with Crippen molar-refractivity contribution in [2.75, 3.05) is 23.4 Å². The van der Waals surface area contributed by atoms with Crippen LogP contribution >= 0.6 is 23.2 Å². The molecule has 10 heteroatoms. The molecule has 1 saturated heterocycles. The predicted molar refractivity (Wildman–Crippen MR) is 133 cm³/mol. The molecular weight excluding hydrogens is 507 g/mol. The van der Waals surface area contributed by atoms with E-state index in [-0.39, 0.29) is 40.0 Å². The van der Waals surface area contributed by atoms with Gasteiger partial charge in [0.05, 0.1) is 40.4 Å². The summed E-state index contributed by atoms with van der Waals surface area (Å²) in [6, 6.07) is 12.8. The maximum Gasteiger partial charge on any atom is 0.338 e. The Bertz CT molecular complexity index is 1170. The number of fused-ring (bicyclic) bond motifs is 5. The molecule has 5 rings (SSSR count). The number of imide groups is 1. The lowest BCUT2D eigenvalue weighted by atomic mass is 9.80. The molecule has 3 amide bonds. The van der Waals surface area contributed by atoms with Crippen molar-refractivity contribution in [2.24, 2.45) is 23.7 Å². The van der Waals surface area contributed by atoms with Gasteiger partial charge in [-0.2, -0.15) is 0 Å². The standard InChI is InChI=1S/C26H24Cl2N2O6/c1-2-35-16-9-5-14(6-10-16)29-19(31)12-36-26(34)13-3-7-15(8-4-13)30-24(32)20-17-11-18(21(20)25(30)33)23(28)22(17)27/h3-10,17-18,20-23H,2,11-12H2,1H3,(H,29,31)/t17-,18-,20-,21-,22+,23+/m1/s1. The Morgan fingerprint density at radius 1 is 0.944 bits per heavy atom. The van der Waals surface area contributed by atoms with Crippen molar-refractivity contribution in [1.29, 1.82) is 0 Å². The number of nitrogens with zero attached hydrogens (tertiary/aromatic N) is 1. The highest BCUT2D eigenvalue weighted by Crippen LogP contribution is 2.59. The van der Waals surface area contributed by atoms with Gasteiger partial charge >= 0.3 is 5.97 Å². The summed E-state index contributed by atoms with van der Waals surface area (Å²) in [5.74, 6) is -2.15. The summed E-state index contributed by atoms with van der Waals surface area (Å²) in [6.07, 6.45) is 0.694. The lowest BCUT2D eigenvalue weighted by Crippen LogP contribution is -2.37. The molecule has 2 aromatic carbocycles. The van der Waals surface area contributed by atoms with Crippen LogP contribution in [-0.4, -0.2) is 47.7 Å². The van der Waals surface area contributed by atoms with Gasteiger partial charge in [0.15, 0.2) is 6.61 Å². The third kappa shape index (κ3) is 4.22. The van der Waals surface area contributed by atoms with Crippen molar-refractivity contribution in [1.82, 2.24) is 0 Å². The summed E-state index contributed by atoms with van der Waals surface area (Å²) >= 11 is 12.8. The van der Waals surface area contributed by atoms with E-state index in [4.69, 9.17) is 32.7 Å². The molecule has 0 spiro atoms. The van der Waals surface area contributed by atoms with E-state index in [1.807, 2.05) is 6.92 Å². The first kappa shape index (κ1) is 24.6. The van der Waals surface area contributed by atoms with Crippen LogP contribution in [0.5, 0.6) is 5.75 Å². The molecule has 0 unspecified atom stereocenters. The van der Waals surface area contributed by atoms with E-state index in [9.17, 15) is 19.2 Å². The number of hydrogen-bond donors (Lipinski definition) is 1. The topological polar surface area (TPSA) is 102 Å². The monoisotopic (exact) mass is 530 g/mol. The average Bonchev–Trinajstić information content (AvgIpc) is 3.49. The van der Waals surface area contributed by atoms with Crippen LogP contribution in [-0.2, 0) is 19.1 Å². The minimum absolute atomic E-state index is 0.103. The zero-order chi connectivity index (χ0) is 25.6. The number of halogens is 2. The van der Waals surface area contributed by atoms with Crippen LogP contribution in [0.1, 0.15) is 23.7 Å². The fourth-order valence-electron chi connectivity index (χ4n) is 5.56. The highest BCUT2D eigenvalue weighted by molar-refractivity contribution is 6.32. The first-order valence-corrected chi connectivity index (χ1v) is 12.6. The van der Waals surface area contributed by atoms with E-state index in [1.54, 1.807) is 24.3 Å². The van der Waals surface area contributed by atoms with Crippen LogP contribution in [0.25, 0.3) is 0 Å². The quantitative estimate of drug-likeness (QED) is 0.331. The molecule has 36 heavy (non-hydrogen) atoms. The highest BCUT2D eigenvalue weighted by Gasteiger charge is 2.66. The molecule has 188 valence electrons. The van der Waals surface area contributed by atoms with Crippen LogP contribution in [0.4, 0.5) is 11.4 Å². The molecule has 2 aromatic rings. The van der Waals surface area contributed by atoms with Crippen molar-refractivity contribution < 1.29 is 28.7 Å². The van der Waals surface area contributed by atoms with Crippen molar-refractivity contribution in [3.05, 3.63) is 54.1 Å². The molecule has 0 radical (unpaired) electrons. The number of nitrogens with one attached hydrogen (secondary N) is 1. The van der Waals surface area contributed by atoms with Crippen LogP contribution in [0.3, 0.4) is 0 Å². The number of amides is 3. The molecular formula is C26H24Cl2N2O6. The smallest absolute Gasteiger partial charge is 0.338 e. The molecule has 8 nitrogen and oxygen atoms in total. The van der Waals surface area contributed by atoms with Gasteiger partial charge in [0, 0.05) is 5.69 Å². The van der Waals surface area contributed by atoms with Crippen molar-refractivity contribution in [3.8, 4) is 5.75 Å². The minimum Gasteiger partial charge on any atom is -0.494 e. The van der Waals surface area contributed by atoms with E-state index in [0.717, 1.165) is 0 Å². The van der Waals surface area contributed by atoms with E-state index < -0.39 is 30.3 Å². The summed E-state index contributed by atoms with van der Waals surface area (Å²) in [5, 5.41) is 2.00. The lowest BCUT2D eigenvalue weighted by Gasteiger charge is -2.28. The van der Waals surface area contributed by atoms with Gasteiger partial charge in [-0.05, 0) is 73.7 Å². The van der Waals surface area contributed by atoms with Crippen molar-refractivity contribution >= 4 is 58.3 Å². The molecule has 3 aliphatic rings. The Hall–Kier alpha value is -3.10. The van der Waals surface area contributed by atoms with E-state index in [0.29, 0.717) is 30.2 Å². The zero-order valence-corrected chi connectivity index (χ0v) is 20.9. The molecule has 2 aliphatic carbocycles. The number of hydrogen-bond acceptors (Lipinski definition) is 6. The van der Waals surface area contributed by atoms with Gasteiger partial charge in [0.1, 0.15) is 5.75 Å². The van der Waals surface area contributed by atoms with Crippen LogP contribution < -0.4 is 15.0 Å². The lowest BCUT2D eigenvalue weighted by molar-refractivity contribution is -0.123. The average molecular weight is 531 g/mol. The van der Waals surface area contributed by atoms with Gasteiger partial charge in [-0.1, -0.05) is 0 Å². The first-order valence-electron chi connectivity index (χ1n) is 11.8. The van der Waals surface area contributed by atoms with E-state index in [2.05, 4.69) is 5.32 Å². The summed E-state index contributed by atoms with van der Waals surface area (Å²) < 4.78 is 10.5. The molecule has 1 aliphatic heterocycles. The van der Waals surface area contributed by atoms with Crippen LogP contribution in [0.15, 0.2) is 48.5 Å². The Morgan fingerprint density at radius 3 is 2.08 bits per heavy atom. The Balaban J connectivity index is 1.18. The largest absolute Gasteiger partial charge is 0.494 e. The third-order valence-corrected chi connectivity index (χ3v) is 8.45. The Labute approximate surface area is 217 Å². The number of benzene rings is 2. The molecule has 1 N–H and O–H groups in total. The van der Waals surface area contributed by atoms with Gasteiger partial charge in [0.25, 0.3) is 5.91 Å². The maximum atomic E-state index is 13.1. The number of carbonyl (C=O) groups is 4. The van der Waals surface area contributed by atoms with Gasteiger partial charge in [-0.15, -0.1) is 23.2 Å². The summed E-state index contributed by atoms with van der Waals surface area (Å²) in [5.41, 5.74) is 1.11. The summed E-state index contributed by atoms with van der Waals surface area (Å²) in [6.45, 7) is 1.95. The predicted octanol–water partition coefficient (Wildman–Crippen LogP) is 3.85. The maximum absolute atomic E-state index is 13.1. The summed E-state index contributed by atoms with van der Waals surface area (Å²) in [7, 11) is 0. The number of carbonyl (C=O) groups excluding carboxylic acids is 4. The summed E-state index contributed by atoms with van der Waals surface area (Å²) in [4.78, 5) is 51.9. The fourth-order valence-corrected chi connectivity index (χ4v) is 6.46. The molecule has 6 atom stereocenters. The molecule has 3 fully saturated rings. The van der Waals surface area contributed by atoms with Gasteiger partial charge in [0.2, 0.25) is 11.8 Å². The van der Waals surface area contributed by atoms with Crippen molar-refractivity contribution in [2.45, 2.75) is 24.1 Å². The molecule has 1 heterocycles. The normalized spacial score (nSPS) is 28.2. The second-order valence-electron chi connectivity index (χ2n) is 9.14. The zero-order valence-electron chi connectivity index (χ0n) is 19.4.